The molecule has 0 bridgehead atoms. The van der Waals surface area contributed by atoms with E-state index in [2.05, 4.69) is 24.3 Å². The standard InChI is InChI=1S/C15H21Cl/c16-12-6-2-1-3-7-13-10-11-14-8-4-5-9-15(13)14/h4-5,8-9,13H,1-3,6-7,10-12H2. The number of alkyl halides is 1. The van der Waals surface area contributed by atoms with Crippen LogP contribution in [-0.2, 0) is 6.42 Å². The molecule has 88 valence electrons. The Morgan fingerprint density at radius 2 is 1.88 bits per heavy atom. The number of rotatable bonds is 6. The van der Waals surface area contributed by atoms with Gasteiger partial charge in [0.2, 0.25) is 0 Å². The van der Waals surface area contributed by atoms with Crippen LogP contribution in [0.5, 0.6) is 0 Å². The molecule has 1 aliphatic carbocycles. The van der Waals surface area contributed by atoms with Crippen LogP contribution in [0.1, 0.15) is 55.6 Å². The molecule has 1 unspecified atom stereocenters. The van der Waals surface area contributed by atoms with Gasteiger partial charge in [-0.25, -0.2) is 0 Å². The highest BCUT2D eigenvalue weighted by Crippen LogP contribution is 2.36. The molecule has 1 aromatic carbocycles. The van der Waals surface area contributed by atoms with Crippen LogP contribution in [0.25, 0.3) is 0 Å². The summed E-state index contributed by atoms with van der Waals surface area (Å²) in [5, 5.41) is 0. The third kappa shape index (κ3) is 3.01. The highest BCUT2D eigenvalue weighted by molar-refractivity contribution is 6.17. The van der Waals surface area contributed by atoms with Gasteiger partial charge in [0.1, 0.15) is 0 Å². The van der Waals surface area contributed by atoms with Crippen LogP contribution < -0.4 is 0 Å². The molecule has 0 fully saturated rings. The minimum Gasteiger partial charge on any atom is -0.127 e. The molecule has 0 aliphatic heterocycles. The van der Waals surface area contributed by atoms with E-state index in [1.54, 1.807) is 11.1 Å². The molecule has 0 nitrogen and oxygen atoms in total. The molecule has 16 heavy (non-hydrogen) atoms. The van der Waals surface area contributed by atoms with Crippen molar-refractivity contribution in [2.45, 2.75) is 50.9 Å². The van der Waals surface area contributed by atoms with E-state index < -0.39 is 0 Å². The summed E-state index contributed by atoms with van der Waals surface area (Å²) >= 11 is 5.67. The molecule has 1 atom stereocenters. The number of unbranched alkanes of at least 4 members (excludes halogenated alkanes) is 3. The number of hydrogen-bond donors (Lipinski definition) is 0. The average molecular weight is 237 g/mol. The smallest absolute Gasteiger partial charge is 0.0223 e. The molecule has 0 amide bonds. The highest BCUT2D eigenvalue weighted by Gasteiger charge is 2.20. The van der Waals surface area contributed by atoms with Crippen molar-refractivity contribution in [3.05, 3.63) is 35.4 Å². The lowest BCUT2D eigenvalue weighted by Crippen LogP contribution is -1.93. The van der Waals surface area contributed by atoms with Crippen LogP contribution >= 0.6 is 11.6 Å². The van der Waals surface area contributed by atoms with Crippen molar-refractivity contribution in [1.82, 2.24) is 0 Å². The van der Waals surface area contributed by atoms with Gasteiger partial charge in [-0.15, -0.1) is 11.6 Å². The van der Waals surface area contributed by atoms with E-state index in [1.165, 1.54) is 44.9 Å². The first-order chi connectivity index (χ1) is 7.92. The lowest BCUT2D eigenvalue weighted by molar-refractivity contribution is 0.551. The van der Waals surface area contributed by atoms with E-state index in [9.17, 15) is 0 Å². The normalized spacial score (nSPS) is 18.7. The van der Waals surface area contributed by atoms with Gasteiger partial charge in [-0.2, -0.15) is 0 Å². The fourth-order valence-corrected chi connectivity index (χ4v) is 2.97. The average Bonchev–Trinajstić information content (AvgIpc) is 2.73. The summed E-state index contributed by atoms with van der Waals surface area (Å²) in [5.41, 5.74) is 3.22. The monoisotopic (exact) mass is 236 g/mol. The van der Waals surface area contributed by atoms with Crippen molar-refractivity contribution in [2.24, 2.45) is 0 Å². The Morgan fingerprint density at radius 1 is 1.06 bits per heavy atom. The molecule has 0 aromatic heterocycles. The number of aryl methyl sites for hydroxylation is 1. The zero-order valence-corrected chi connectivity index (χ0v) is 10.7. The summed E-state index contributed by atoms with van der Waals surface area (Å²) in [6, 6.07) is 8.97. The summed E-state index contributed by atoms with van der Waals surface area (Å²) < 4.78 is 0. The topological polar surface area (TPSA) is 0 Å². The molecule has 0 spiro atoms. The third-order valence-corrected chi connectivity index (χ3v) is 3.96. The second-order valence-electron chi connectivity index (χ2n) is 4.83. The van der Waals surface area contributed by atoms with Crippen LogP contribution in [0.2, 0.25) is 0 Å². The van der Waals surface area contributed by atoms with Crippen molar-refractivity contribution in [1.29, 1.82) is 0 Å². The summed E-state index contributed by atoms with van der Waals surface area (Å²) in [5.74, 6) is 1.67. The second-order valence-corrected chi connectivity index (χ2v) is 5.20. The van der Waals surface area contributed by atoms with Gasteiger partial charge in [-0.3, -0.25) is 0 Å². The van der Waals surface area contributed by atoms with Crippen LogP contribution in [0, 0.1) is 0 Å². The largest absolute Gasteiger partial charge is 0.127 e. The van der Waals surface area contributed by atoms with Crippen LogP contribution in [0.3, 0.4) is 0 Å². The molecule has 1 heteroatoms. The first-order valence-electron chi connectivity index (χ1n) is 6.55. The first kappa shape index (κ1) is 12.0. The van der Waals surface area contributed by atoms with Gasteiger partial charge in [0.15, 0.2) is 0 Å². The molecular formula is C15H21Cl. The van der Waals surface area contributed by atoms with Crippen LogP contribution in [0.15, 0.2) is 24.3 Å². The Bertz CT molecular complexity index is 319. The van der Waals surface area contributed by atoms with E-state index in [1.807, 2.05) is 0 Å². The first-order valence-corrected chi connectivity index (χ1v) is 7.09. The van der Waals surface area contributed by atoms with Gasteiger partial charge >= 0.3 is 0 Å². The predicted octanol–water partition coefficient (Wildman–Crippen LogP) is 4.91. The number of benzene rings is 1. The van der Waals surface area contributed by atoms with E-state index in [0.717, 1.165) is 11.8 Å². The number of fused-ring (bicyclic) bond motifs is 1. The number of hydrogen-bond acceptors (Lipinski definition) is 0. The predicted molar refractivity (Wildman–Crippen MR) is 71.3 cm³/mol. The third-order valence-electron chi connectivity index (χ3n) is 3.69. The maximum atomic E-state index is 5.67. The van der Waals surface area contributed by atoms with E-state index in [4.69, 9.17) is 11.6 Å². The van der Waals surface area contributed by atoms with Crippen molar-refractivity contribution >= 4 is 11.6 Å². The Morgan fingerprint density at radius 3 is 2.75 bits per heavy atom. The zero-order valence-electron chi connectivity index (χ0n) is 9.92. The van der Waals surface area contributed by atoms with Crippen LogP contribution in [-0.4, -0.2) is 5.88 Å². The van der Waals surface area contributed by atoms with E-state index in [0.29, 0.717) is 0 Å². The van der Waals surface area contributed by atoms with Gasteiger partial charge in [-0.05, 0) is 42.7 Å². The Kier molecular flexibility index (Phi) is 4.71. The van der Waals surface area contributed by atoms with Crippen LogP contribution in [0.4, 0.5) is 0 Å². The Labute approximate surface area is 104 Å². The molecule has 2 rings (SSSR count). The lowest BCUT2D eigenvalue weighted by Gasteiger charge is -2.10. The SMILES string of the molecule is ClCCCCCCC1CCc2ccccc21. The van der Waals surface area contributed by atoms with Crippen molar-refractivity contribution in [3.8, 4) is 0 Å². The fraction of sp³-hybridized carbons (Fsp3) is 0.600. The lowest BCUT2D eigenvalue weighted by atomic mass is 9.95. The van der Waals surface area contributed by atoms with Crippen molar-refractivity contribution in [3.63, 3.8) is 0 Å². The van der Waals surface area contributed by atoms with E-state index in [-0.39, 0.29) is 0 Å². The second kappa shape index (κ2) is 6.30. The maximum Gasteiger partial charge on any atom is 0.0223 e. The van der Waals surface area contributed by atoms with Gasteiger partial charge < -0.3 is 0 Å². The molecule has 0 saturated heterocycles. The zero-order chi connectivity index (χ0) is 11.2. The van der Waals surface area contributed by atoms with E-state index >= 15 is 0 Å². The quantitative estimate of drug-likeness (QED) is 0.487. The number of halogens is 1. The highest BCUT2D eigenvalue weighted by atomic mass is 35.5. The fourth-order valence-electron chi connectivity index (χ4n) is 2.78. The summed E-state index contributed by atoms with van der Waals surface area (Å²) in [6.45, 7) is 0. The minimum atomic E-state index is 0.826. The summed E-state index contributed by atoms with van der Waals surface area (Å²) in [6.07, 6.45) is 9.25. The Balaban J connectivity index is 1.76. The van der Waals surface area contributed by atoms with Gasteiger partial charge in [0, 0.05) is 5.88 Å². The summed E-state index contributed by atoms with van der Waals surface area (Å²) in [7, 11) is 0. The molecule has 1 aromatic rings. The molecule has 0 saturated carbocycles. The molecule has 0 radical (unpaired) electrons. The van der Waals surface area contributed by atoms with Gasteiger partial charge in [0.05, 0.1) is 0 Å². The molecule has 1 aliphatic rings. The van der Waals surface area contributed by atoms with Gasteiger partial charge in [-0.1, -0.05) is 43.5 Å². The molecule has 0 heterocycles. The Hall–Kier alpha value is -0.490. The van der Waals surface area contributed by atoms with Crippen molar-refractivity contribution < 1.29 is 0 Å². The van der Waals surface area contributed by atoms with Crippen molar-refractivity contribution in [2.75, 3.05) is 5.88 Å². The maximum absolute atomic E-state index is 5.67. The summed E-state index contributed by atoms with van der Waals surface area (Å²) in [4.78, 5) is 0. The molecular weight excluding hydrogens is 216 g/mol. The van der Waals surface area contributed by atoms with Gasteiger partial charge in [0.25, 0.3) is 0 Å². The minimum absolute atomic E-state index is 0.826. The molecule has 0 N–H and O–H groups in total.